The summed E-state index contributed by atoms with van der Waals surface area (Å²) in [7, 11) is 0. The molecule has 1 aliphatic rings. The fourth-order valence-corrected chi connectivity index (χ4v) is 2.85. The number of rotatable bonds is 3. The lowest BCUT2D eigenvalue weighted by Gasteiger charge is -2.32. The highest BCUT2D eigenvalue weighted by atomic mass is 79.9. The van der Waals surface area contributed by atoms with Crippen LogP contribution >= 0.6 is 28.3 Å². The lowest BCUT2D eigenvalue weighted by molar-refractivity contribution is 0.0409. The smallest absolute Gasteiger partial charge is 0.234 e. The van der Waals surface area contributed by atoms with Gasteiger partial charge in [0.2, 0.25) is 11.7 Å². The summed E-state index contributed by atoms with van der Waals surface area (Å²) in [6.07, 6.45) is 1.65. The molecule has 2 N–H and O–H groups in total. The molecule has 21 heavy (non-hydrogen) atoms. The lowest BCUT2D eigenvalue weighted by Crippen LogP contribution is -2.40. The van der Waals surface area contributed by atoms with Crippen molar-refractivity contribution < 1.29 is 9.26 Å². The van der Waals surface area contributed by atoms with E-state index in [4.69, 9.17) is 15.0 Å². The Hall–Kier alpha value is -0.950. The Morgan fingerprint density at radius 1 is 1.29 bits per heavy atom. The average molecular weight is 375 g/mol. The van der Waals surface area contributed by atoms with Crippen molar-refractivity contribution in [1.82, 2.24) is 10.1 Å². The zero-order chi connectivity index (χ0) is 14.0. The first-order chi connectivity index (χ1) is 9.73. The van der Waals surface area contributed by atoms with E-state index in [2.05, 4.69) is 26.1 Å². The molecule has 1 saturated heterocycles. The second-order valence-corrected chi connectivity index (χ2v) is 5.95. The molecule has 2 aromatic rings. The summed E-state index contributed by atoms with van der Waals surface area (Å²) in [5.74, 6) is 1.22. The number of nitrogens with two attached hydrogens (primary N) is 1. The van der Waals surface area contributed by atoms with Crippen LogP contribution in [0.15, 0.2) is 33.3 Å². The fourth-order valence-electron chi connectivity index (χ4n) is 2.45. The predicted octanol–water partition coefficient (Wildman–Crippen LogP) is 2.93. The van der Waals surface area contributed by atoms with Gasteiger partial charge in [0, 0.05) is 29.8 Å². The summed E-state index contributed by atoms with van der Waals surface area (Å²) in [6, 6.07) is 7.83. The van der Waals surface area contributed by atoms with Gasteiger partial charge in [-0.2, -0.15) is 4.98 Å². The summed E-state index contributed by atoms with van der Waals surface area (Å²) in [5, 5.41) is 4.09. The van der Waals surface area contributed by atoms with Gasteiger partial charge in [-0.15, -0.1) is 12.4 Å². The van der Waals surface area contributed by atoms with Crippen molar-refractivity contribution in [3.8, 4) is 11.4 Å². The van der Waals surface area contributed by atoms with Crippen LogP contribution < -0.4 is 5.73 Å². The normalized spacial score (nSPS) is 17.2. The van der Waals surface area contributed by atoms with E-state index >= 15 is 0 Å². The third kappa shape index (κ3) is 3.29. The van der Waals surface area contributed by atoms with Gasteiger partial charge < -0.3 is 15.0 Å². The Balaban J connectivity index is 0.00000161. The molecule has 1 fully saturated rings. The van der Waals surface area contributed by atoms with Crippen LogP contribution in [0.1, 0.15) is 18.7 Å². The van der Waals surface area contributed by atoms with Crippen LogP contribution in [0.5, 0.6) is 0 Å². The van der Waals surface area contributed by atoms with Crippen molar-refractivity contribution >= 4 is 28.3 Å². The minimum Gasteiger partial charge on any atom is -0.381 e. The minimum absolute atomic E-state index is 0. The van der Waals surface area contributed by atoms with E-state index in [0.717, 1.165) is 22.9 Å². The largest absolute Gasteiger partial charge is 0.381 e. The van der Waals surface area contributed by atoms with E-state index in [1.165, 1.54) is 0 Å². The molecule has 5 nitrogen and oxygen atoms in total. The number of halogens is 2. The maximum atomic E-state index is 5.95. The van der Waals surface area contributed by atoms with Crippen LogP contribution in [0, 0.1) is 0 Å². The van der Waals surface area contributed by atoms with E-state index in [1.807, 2.05) is 24.3 Å². The topological polar surface area (TPSA) is 74.2 Å². The Bertz CT molecular complexity index is 599. The first-order valence-corrected chi connectivity index (χ1v) is 7.41. The van der Waals surface area contributed by atoms with Crippen LogP contribution in [0.3, 0.4) is 0 Å². The molecule has 0 spiro atoms. The highest BCUT2D eigenvalue weighted by Gasteiger charge is 2.38. The maximum absolute atomic E-state index is 5.95. The molecule has 1 aromatic heterocycles. The van der Waals surface area contributed by atoms with Crippen LogP contribution in [-0.2, 0) is 10.2 Å². The van der Waals surface area contributed by atoms with Gasteiger partial charge in [-0.25, -0.2) is 0 Å². The summed E-state index contributed by atoms with van der Waals surface area (Å²) >= 11 is 3.44. The van der Waals surface area contributed by atoms with Crippen molar-refractivity contribution in [2.75, 3.05) is 19.8 Å². The zero-order valence-corrected chi connectivity index (χ0v) is 13.8. The summed E-state index contributed by atoms with van der Waals surface area (Å²) in [5.41, 5.74) is 6.64. The highest BCUT2D eigenvalue weighted by Crippen LogP contribution is 2.34. The van der Waals surface area contributed by atoms with Crippen LogP contribution in [0.4, 0.5) is 0 Å². The van der Waals surface area contributed by atoms with Gasteiger partial charge in [-0.3, -0.25) is 0 Å². The van der Waals surface area contributed by atoms with Gasteiger partial charge in [0.05, 0.1) is 5.41 Å². The van der Waals surface area contributed by atoms with Crippen molar-refractivity contribution in [2.24, 2.45) is 5.73 Å². The van der Waals surface area contributed by atoms with Gasteiger partial charge in [0.1, 0.15) is 0 Å². The first kappa shape index (κ1) is 16.4. The van der Waals surface area contributed by atoms with Gasteiger partial charge in [0.25, 0.3) is 0 Å². The summed E-state index contributed by atoms with van der Waals surface area (Å²) in [6.45, 7) is 1.87. The van der Waals surface area contributed by atoms with E-state index in [0.29, 0.717) is 31.5 Å². The van der Waals surface area contributed by atoms with Crippen LogP contribution in [0.2, 0.25) is 0 Å². The van der Waals surface area contributed by atoms with Gasteiger partial charge >= 0.3 is 0 Å². The van der Waals surface area contributed by atoms with Crippen LogP contribution in [-0.4, -0.2) is 29.9 Å². The third-order valence-corrected chi connectivity index (χ3v) is 4.30. The van der Waals surface area contributed by atoms with Gasteiger partial charge in [-0.1, -0.05) is 33.2 Å². The van der Waals surface area contributed by atoms with Crippen molar-refractivity contribution in [3.05, 3.63) is 34.6 Å². The Morgan fingerprint density at radius 2 is 2.05 bits per heavy atom. The SMILES string of the molecule is Cl.NCC1(c2nc(-c3cccc(Br)c3)no2)CCOCC1. The van der Waals surface area contributed by atoms with Gasteiger partial charge in [-0.05, 0) is 25.0 Å². The predicted molar refractivity (Wildman–Crippen MR) is 85.5 cm³/mol. The van der Waals surface area contributed by atoms with E-state index < -0.39 is 0 Å². The molecular formula is C14H17BrClN3O2. The van der Waals surface area contributed by atoms with E-state index in [-0.39, 0.29) is 17.8 Å². The van der Waals surface area contributed by atoms with Gasteiger partial charge in [0.15, 0.2) is 0 Å². The molecule has 0 unspecified atom stereocenters. The number of hydrogen-bond donors (Lipinski definition) is 1. The van der Waals surface area contributed by atoms with Crippen molar-refractivity contribution in [2.45, 2.75) is 18.3 Å². The Kier molecular flexibility index (Phi) is 5.37. The summed E-state index contributed by atoms with van der Waals surface area (Å²) in [4.78, 5) is 4.55. The monoisotopic (exact) mass is 373 g/mol. The molecule has 3 rings (SSSR count). The molecular weight excluding hydrogens is 358 g/mol. The van der Waals surface area contributed by atoms with Crippen molar-refractivity contribution in [3.63, 3.8) is 0 Å². The molecule has 114 valence electrons. The molecule has 2 heterocycles. The number of hydrogen-bond acceptors (Lipinski definition) is 5. The van der Waals surface area contributed by atoms with E-state index in [1.54, 1.807) is 0 Å². The lowest BCUT2D eigenvalue weighted by atomic mass is 9.80. The molecule has 0 atom stereocenters. The molecule has 0 radical (unpaired) electrons. The molecule has 0 aliphatic carbocycles. The quantitative estimate of drug-likeness (QED) is 0.894. The van der Waals surface area contributed by atoms with Crippen molar-refractivity contribution in [1.29, 1.82) is 0 Å². The van der Waals surface area contributed by atoms with E-state index in [9.17, 15) is 0 Å². The number of nitrogens with zero attached hydrogens (tertiary/aromatic N) is 2. The fraction of sp³-hybridized carbons (Fsp3) is 0.429. The molecule has 1 aromatic carbocycles. The first-order valence-electron chi connectivity index (χ1n) is 6.61. The Labute approximate surface area is 137 Å². The zero-order valence-electron chi connectivity index (χ0n) is 11.4. The molecule has 0 saturated carbocycles. The number of aromatic nitrogens is 2. The summed E-state index contributed by atoms with van der Waals surface area (Å²) < 4.78 is 11.9. The molecule has 7 heteroatoms. The minimum atomic E-state index is -0.241. The Morgan fingerprint density at radius 3 is 2.71 bits per heavy atom. The number of ether oxygens (including phenoxy) is 1. The average Bonchev–Trinajstić information content (AvgIpc) is 2.98. The maximum Gasteiger partial charge on any atom is 0.234 e. The van der Waals surface area contributed by atoms with Crippen LogP contribution in [0.25, 0.3) is 11.4 Å². The standard InChI is InChI=1S/C14H16BrN3O2.ClH/c15-11-3-1-2-10(8-11)12-17-13(20-18-12)14(9-16)4-6-19-7-5-14;/h1-3,8H,4-7,9,16H2;1H. The molecule has 0 amide bonds. The second-order valence-electron chi connectivity index (χ2n) is 5.03. The third-order valence-electron chi connectivity index (χ3n) is 3.80. The number of benzene rings is 1. The molecule has 0 bridgehead atoms. The highest BCUT2D eigenvalue weighted by molar-refractivity contribution is 9.10. The molecule has 1 aliphatic heterocycles. The second kappa shape index (κ2) is 6.87.